The van der Waals surface area contributed by atoms with Gasteiger partial charge in [0.1, 0.15) is 5.78 Å². The van der Waals surface area contributed by atoms with Gasteiger partial charge < -0.3 is 9.80 Å². The quantitative estimate of drug-likeness (QED) is 0.730. The minimum absolute atomic E-state index is 0.204. The molecule has 17 heavy (non-hydrogen) atoms. The van der Waals surface area contributed by atoms with Crippen molar-refractivity contribution in [2.45, 2.75) is 32.2 Å². The van der Waals surface area contributed by atoms with Crippen LogP contribution in [0.15, 0.2) is 23.9 Å². The first-order chi connectivity index (χ1) is 7.97. The smallest absolute Gasteiger partial charge is 0.149 e. The molecule has 0 spiro atoms. The monoisotopic (exact) mass is 236 g/mol. The van der Waals surface area contributed by atoms with E-state index >= 15 is 0 Å². The lowest BCUT2D eigenvalue weighted by molar-refractivity contribution is -0.117. The summed E-state index contributed by atoms with van der Waals surface area (Å²) in [6.07, 6.45) is 5.36. The molecule has 1 aliphatic carbocycles. The predicted octanol–water partition coefficient (Wildman–Crippen LogP) is 2.06. The van der Waals surface area contributed by atoms with E-state index in [2.05, 4.69) is 30.5 Å². The van der Waals surface area contributed by atoms with Gasteiger partial charge in [0.2, 0.25) is 0 Å². The highest BCUT2D eigenvalue weighted by Crippen LogP contribution is 2.29. The Morgan fingerprint density at radius 2 is 2.12 bits per heavy atom. The Hall–Kier alpha value is -1.09. The van der Waals surface area contributed by atoms with Crippen LogP contribution < -0.4 is 0 Å². The van der Waals surface area contributed by atoms with E-state index in [0.717, 1.165) is 6.42 Å². The van der Waals surface area contributed by atoms with Crippen molar-refractivity contribution in [3.05, 3.63) is 23.9 Å². The van der Waals surface area contributed by atoms with Gasteiger partial charge >= 0.3 is 0 Å². The average Bonchev–Trinajstić information content (AvgIpc) is 2.26. The van der Waals surface area contributed by atoms with Crippen LogP contribution >= 0.6 is 0 Å². The second kappa shape index (κ2) is 6.01. The van der Waals surface area contributed by atoms with E-state index in [4.69, 9.17) is 0 Å². The number of likely N-dealkylation sites (N-methyl/N-ethyl adjacent to an activating group) is 2. The van der Waals surface area contributed by atoms with Crippen molar-refractivity contribution in [1.82, 2.24) is 9.80 Å². The van der Waals surface area contributed by atoms with Crippen LogP contribution in [0, 0.1) is 0 Å². The molecule has 96 valence electrons. The minimum atomic E-state index is 0.204. The van der Waals surface area contributed by atoms with Crippen molar-refractivity contribution < 1.29 is 4.79 Å². The number of rotatable bonds is 5. The lowest BCUT2D eigenvalue weighted by Gasteiger charge is -2.35. The van der Waals surface area contributed by atoms with Gasteiger partial charge in [-0.15, -0.1) is 0 Å². The van der Waals surface area contributed by atoms with Crippen molar-refractivity contribution in [2.75, 3.05) is 27.7 Å². The van der Waals surface area contributed by atoms with Crippen molar-refractivity contribution in [3.8, 4) is 0 Å². The summed E-state index contributed by atoms with van der Waals surface area (Å²) in [6, 6.07) is 0.436. The largest absolute Gasteiger partial charge is 0.370 e. The molecule has 1 aliphatic rings. The van der Waals surface area contributed by atoms with Crippen molar-refractivity contribution in [2.24, 2.45) is 0 Å². The fourth-order valence-corrected chi connectivity index (χ4v) is 2.59. The van der Waals surface area contributed by atoms with Crippen molar-refractivity contribution in [1.29, 1.82) is 0 Å². The zero-order valence-corrected chi connectivity index (χ0v) is 11.5. The Bertz CT molecular complexity index is 331. The predicted molar refractivity (Wildman–Crippen MR) is 71.9 cm³/mol. The molecule has 0 saturated heterocycles. The Morgan fingerprint density at radius 3 is 2.59 bits per heavy atom. The maximum atomic E-state index is 11.2. The molecule has 0 saturated carbocycles. The maximum absolute atomic E-state index is 11.2. The number of hydrogen-bond donors (Lipinski definition) is 0. The maximum Gasteiger partial charge on any atom is 0.149 e. The molecule has 0 N–H and O–H groups in total. The molecule has 1 atom stereocenters. The summed E-state index contributed by atoms with van der Waals surface area (Å²) in [7, 11) is 6.20. The normalized spacial score (nSPS) is 20.6. The molecular weight excluding hydrogens is 212 g/mol. The van der Waals surface area contributed by atoms with Gasteiger partial charge in [-0.1, -0.05) is 12.7 Å². The summed E-state index contributed by atoms with van der Waals surface area (Å²) in [4.78, 5) is 15.5. The standard InChI is InChI=1S/C14H24N2O/c1-6-12-13(15(3)4)8-7-9-14(12)16(5)10-11(2)17/h6,13H,1,7-10H2,2-5H3/t13-/m1/s1. The number of allylic oxidation sites excluding steroid dienone is 1. The van der Waals surface area contributed by atoms with Crippen LogP contribution in [0.3, 0.4) is 0 Å². The molecule has 0 aliphatic heterocycles. The first-order valence-electron chi connectivity index (χ1n) is 6.19. The van der Waals surface area contributed by atoms with Crippen molar-refractivity contribution in [3.63, 3.8) is 0 Å². The van der Waals surface area contributed by atoms with Gasteiger partial charge in [-0.25, -0.2) is 0 Å². The lowest BCUT2D eigenvalue weighted by atomic mass is 9.90. The third-order valence-electron chi connectivity index (χ3n) is 3.35. The summed E-state index contributed by atoms with van der Waals surface area (Å²) in [6.45, 7) is 6.06. The summed E-state index contributed by atoms with van der Waals surface area (Å²) in [5.74, 6) is 0.204. The van der Waals surface area contributed by atoms with Crippen molar-refractivity contribution >= 4 is 5.78 Å². The molecule has 3 nitrogen and oxygen atoms in total. The average molecular weight is 236 g/mol. The SMILES string of the molecule is C=CC1=C(N(C)CC(C)=O)CCC[C@H]1N(C)C. The van der Waals surface area contributed by atoms with E-state index in [0.29, 0.717) is 12.6 Å². The number of Topliss-reactive ketones (excluding diaryl/α,β-unsaturated/α-hetero) is 1. The summed E-state index contributed by atoms with van der Waals surface area (Å²) in [5, 5.41) is 0. The zero-order valence-electron chi connectivity index (χ0n) is 11.5. The van der Waals surface area contributed by atoms with Crippen LogP contribution in [0.5, 0.6) is 0 Å². The number of hydrogen-bond acceptors (Lipinski definition) is 3. The molecular formula is C14H24N2O. The van der Waals surface area contributed by atoms with Gasteiger partial charge in [-0.3, -0.25) is 4.79 Å². The third kappa shape index (κ3) is 3.43. The fraction of sp³-hybridized carbons (Fsp3) is 0.643. The van der Waals surface area contributed by atoms with E-state index in [9.17, 15) is 4.79 Å². The highest BCUT2D eigenvalue weighted by Gasteiger charge is 2.24. The molecule has 3 heteroatoms. The third-order valence-corrected chi connectivity index (χ3v) is 3.35. The van der Waals surface area contributed by atoms with E-state index in [1.807, 2.05) is 13.1 Å². The second-order valence-electron chi connectivity index (χ2n) is 5.04. The summed E-state index contributed by atoms with van der Waals surface area (Å²) < 4.78 is 0. The number of nitrogens with zero attached hydrogens (tertiary/aromatic N) is 2. The Kier molecular flexibility index (Phi) is 4.94. The molecule has 0 aromatic heterocycles. The zero-order chi connectivity index (χ0) is 13.0. The number of carbonyl (C=O) groups is 1. The van der Waals surface area contributed by atoms with Crippen LogP contribution in [0.2, 0.25) is 0 Å². The fourth-order valence-electron chi connectivity index (χ4n) is 2.59. The Morgan fingerprint density at radius 1 is 1.47 bits per heavy atom. The van der Waals surface area contributed by atoms with Gasteiger partial charge in [-0.05, 0) is 45.9 Å². The number of ketones is 1. The van der Waals surface area contributed by atoms with Gasteiger partial charge in [0.15, 0.2) is 0 Å². The molecule has 0 fully saturated rings. The highest BCUT2D eigenvalue weighted by molar-refractivity contribution is 5.77. The first kappa shape index (κ1) is 14.0. The summed E-state index contributed by atoms with van der Waals surface area (Å²) in [5.41, 5.74) is 2.56. The molecule has 0 radical (unpaired) electrons. The molecule has 0 aromatic rings. The molecule has 0 amide bonds. The van der Waals surface area contributed by atoms with E-state index < -0.39 is 0 Å². The minimum Gasteiger partial charge on any atom is -0.370 e. The topological polar surface area (TPSA) is 23.6 Å². The van der Waals surface area contributed by atoms with Crippen LogP contribution in [-0.2, 0) is 4.79 Å². The van der Waals surface area contributed by atoms with Crippen LogP contribution in [0.4, 0.5) is 0 Å². The highest BCUT2D eigenvalue weighted by atomic mass is 16.1. The molecule has 0 bridgehead atoms. The Labute approximate surface area is 105 Å². The van der Waals surface area contributed by atoms with E-state index in [1.165, 1.54) is 24.1 Å². The molecule has 0 unspecified atom stereocenters. The van der Waals surface area contributed by atoms with Gasteiger partial charge in [0, 0.05) is 18.8 Å². The van der Waals surface area contributed by atoms with Gasteiger partial charge in [-0.2, -0.15) is 0 Å². The lowest BCUT2D eigenvalue weighted by Crippen LogP contribution is -2.36. The summed E-state index contributed by atoms with van der Waals surface area (Å²) >= 11 is 0. The molecule has 0 heterocycles. The van der Waals surface area contributed by atoms with Crippen LogP contribution in [-0.4, -0.2) is 49.3 Å². The molecule has 1 rings (SSSR count). The Balaban J connectivity index is 2.98. The first-order valence-corrected chi connectivity index (χ1v) is 6.19. The van der Waals surface area contributed by atoms with Gasteiger partial charge in [0.25, 0.3) is 0 Å². The molecule has 0 aromatic carbocycles. The van der Waals surface area contributed by atoms with E-state index in [-0.39, 0.29) is 5.78 Å². The van der Waals surface area contributed by atoms with Crippen LogP contribution in [0.1, 0.15) is 26.2 Å². The second-order valence-corrected chi connectivity index (χ2v) is 5.04. The van der Waals surface area contributed by atoms with Gasteiger partial charge in [0.05, 0.1) is 6.54 Å². The van der Waals surface area contributed by atoms with Crippen LogP contribution in [0.25, 0.3) is 0 Å². The number of carbonyl (C=O) groups excluding carboxylic acids is 1. The van der Waals surface area contributed by atoms with E-state index in [1.54, 1.807) is 6.92 Å².